The third-order valence-corrected chi connectivity index (χ3v) is 11.1. The molecule has 0 saturated carbocycles. The summed E-state index contributed by atoms with van der Waals surface area (Å²) in [5.74, 6) is 1.76. The zero-order valence-electron chi connectivity index (χ0n) is 19.4. The molecule has 176 valence electrons. The summed E-state index contributed by atoms with van der Waals surface area (Å²) in [7, 11) is 2.65. The van der Waals surface area contributed by atoms with E-state index in [0.717, 1.165) is 22.5 Å². The third kappa shape index (κ3) is 7.52. The average Bonchev–Trinajstić information content (AvgIpc) is 2.92. The first-order valence-corrected chi connectivity index (χ1v) is 15.2. The molecule has 0 spiro atoms. The molecule has 0 N–H and O–H groups in total. The van der Waals surface area contributed by atoms with E-state index in [0.29, 0.717) is 0 Å². The summed E-state index contributed by atoms with van der Waals surface area (Å²) in [6.45, 7) is 0. The molecule has 0 heterocycles. The Kier molecular flexibility index (Phi) is 11.3. The molecule has 0 fully saturated rings. The molecule has 0 radical (unpaired) electrons. The van der Waals surface area contributed by atoms with Crippen molar-refractivity contribution in [1.82, 2.24) is 0 Å². The molecule has 0 amide bonds. The minimum absolute atomic E-state index is 0.284. The van der Waals surface area contributed by atoms with Gasteiger partial charge in [0.15, 0.2) is 0 Å². The van der Waals surface area contributed by atoms with Gasteiger partial charge < -0.3 is 9.47 Å². The zero-order valence-corrected chi connectivity index (χ0v) is 23.0. The van der Waals surface area contributed by atoms with Crippen molar-refractivity contribution >= 4 is 62.3 Å². The highest BCUT2D eigenvalue weighted by Gasteiger charge is 2.12. The maximum absolute atomic E-state index is 5.19. The Morgan fingerprint density at radius 3 is 1.03 bits per heavy atom. The second kappa shape index (κ2) is 14.4. The minimum atomic E-state index is -0.430. The molecule has 0 bridgehead atoms. The minimum Gasteiger partial charge on any atom is -0.497 e. The molecule has 0 saturated heterocycles. The Morgan fingerprint density at radius 1 is 0.471 bits per heavy atom. The zero-order chi connectivity index (χ0) is 24.2. The Morgan fingerprint density at radius 2 is 0.765 bits per heavy atom. The fourth-order valence-electron chi connectivity index (χ4n) is 3.36. The van der Waals surface area contributed by atoms with Gasteiger partial charge in [0, 0.05) is 11.0 Å². The fraction of sp³-hybridized carbons (Fsp3) is 0.143. The molecule has 0 atom stereocenters. The van der Waals surface area contributed by atoms with Crippen molar-refractivity contribution < 1.29 is 9.47 Å². The second-order valence-corrected chi connectivity index (χ2v) is 13.2. The van der Waals surface area contributed by atoms with Gasteiger partial charge in [-0.2, -0.15) is 25.3 Å². The number of hydrogen-bond donors (Lipinski definition) is 2. The maximum Gasteiger partial charge on any atom is 0.118 e. The van der Waals surface area contributed by atoms with Crippen LogP contribution in [0.2, 0.25) is 0 Å². The van der Waals surface area contributed by atoms with Crippen LogP contribution in [-0.4, -0.2) is 25.2 Å². The van der Waals surface area contributed by atoms with Crippen molar-refractivity contribution in [2.75, 3.05) is 25.2 Å². The van der Waals surface area contributed by atoms with Gasteiger partial charge in [-0.25, -0.2) is 0 Å². The van der Waals surface area contributed by atoms with Crippen LogP contribution in [0, 0.1) is 0 Å². The van der Waals surface area contributed by atoms with Crippen molar-refractivity contribution in [3.63, 3.8) is 0 Å². The van der Waals surface area contributed by atoms with E-state index in [2.05, 4.69) is 110 Å². The van der Waals surface area contributed by atoms with Crippen LogP contribution in [0.1, 0.15) is 0 Å². The number of hydrogen-bond acceptors (Lipinski definition) is 4. The molecule has 0 aromatic heterocycles. The molecule has 6 heteroatoms. The lowest BCUT2D eigenvalue weighted by atomic mass is 10.3. The lowest BCUT2D eigenvalue weighted by Gasteiger charge is -2.16. The van der Waals surface area contributed by atoms with Crippen LogP contribution in [0.5, 0.6) is 11.5 Å². The number of rotatable bonds is 8. The van der Waals surface area contributed by atoms with E-state index in [9.17, 15) is 0 Å². The van der Waals surface area contributed by atoms with Crippen molar-refractivity contribution in [2.24, 2.45) is 0 Å². The van der Waals surface area contributed by atoms with Crippen molar-refractivity contribution in [3.05, 3.63) is 109 Å². The van der Waals surface area contributed by atoms with Crippen LogP contribution in [0.4, 0.5) is 0 Å². The molecule has 0 unspecified atom stereocenters. The monoisotopic (exact) mass is 524 g/mol. The van der Waals surface area contributed by atoms with E-state index in [1.807, 2.05) is 24.3 Å². The van der Waals surface area contributed by atoms with Crippen LogP contribution in [-0.2, 0) is 0 Å². The highest BCUT2D eigenvalue weighted by molar-refractivity contribution is 7.94. The summed E-state index contributed by atoms with van der Waals surface area (Å²) in [5.41, 5.74) is 1.73. The molecule has 0 aliphatic rings. The predicted molar refractivity (Wildman–Crippen MR) is 159 cm³/mol. The van der Waals surface area contributed by atoms with Crippen LogP contribution >= 0.6 is 41.1 Å². The maximum atomic E-state index is 5.19. The highest BCUT2D eigenvalue weighted by Crippen LogP contribution is 2.35. The number of ether oxygens (including phenoxy) is 2. The van der Waals surface area contributed by atoms with Gasteiger partial charge in [-0.05, 0) is 61.3 Å². The smallest absolute Gasteiger partial charge is 0.118 e. The van der Waals surface area contributed by atoms with Crippen molar-refractivity contribution in [2.45, 2.75) is 0 Å². The van der Waals surface area contributed by atoms with Gasteiger partial charge in [-0.15, -0.1) is 0 Å². The summed E-state index contributed by atoms with van der Waals surface area (Å²) >= 11 is 8.97. The molecule has 0 aliphatic carbocycles. The van der Waals surface area contributed by atoms with E-state index in [1.165, 1.54) is 21.2 Å². The standard InChI is InChI=1S/C15H17O2PS.C13H13PS/c1-16-12-3-7-14(8-4-12)18(11-19)15-9-5-13(17-2)6-10-15;15-11-14(12-7-3-1-4-8-12)13-9-5-2-6-10-13/h3-10,19H,11H2,1-2H3;1-10,15H,11H2. The Hall–Kier alpha value is -1.96. The summed E-state index contributed by atoms with van der Waals surface area (Å²) in [5, 5.41) is 5.40. The molecular formula is C28H30O2P2S2. The van der Waals surface area contributed by atoms with E-state index >= 15 is 0 Å². The van der Waals surface area contributed by atoms with Gasteiger partial charge in [-0.3, -0.25) is 0 Å². The number of benzene rings is 4. The van der Waals surface area contributed by atoms with E-state index in [4.69, 9.17) is 9.47 Å². The Labute approximate surface area is 217 Å². The fourth-order valence-corrected chi connectivity index (χ4v) is 8.66. The molecule has 34 heavy (non-hydrogen) atoms. The van der Waals surface area contributed by atoms with Gasteiger partial charge in [0.25, 0.3) is 0 Å². The van der Waals surface area contributed by atoms with Crippen LogP contribution in [0.15, 0.2) is 109 Å². The molecule has 2 nitrogen and oxygen atoms in total. The predicted octanol–water partition coefficient (Wildman–Crippen LogP) is 6.03. The summed E-state index contributed by atoms with van der Waals surface area (Å²) in [4.78, 5) is 0. The topological polar surface area (TPSA) is 18.5 Å². The van der Waals surface area contributed by atoms with Gasteiger partial charge in [-0.1, -0.05) is 84.9 Å². The van der Waals surface area contributed by atoms with Crippen LogP contribution in [0.25, 0.3) is 0 Å². The van der Waals surface area contributed by atoms with Gasteiger partial charge in [0.05, 0.1) is 14.2 Å². The summed E-state index contributed by atoms with van der Waals surface area (Å²) in [6, 6.07) is 37.7. The van der Waals surface area contributed by atoms with Gasteiger partial charge in [0.1, 0.15) is 11.5 Å². The third-order valence-electron chi connectivity index (χ3n) is 5.19. The number of thiol groups is 2. The SMILES string of the molecule is COc1ccc(P(CS)c2ccc(OC)cc2)cc1.SCP(c1ccccc1)c1ccccc1. The van der Waals surface area contributed by atoms with Gasteiger partial charge in [0.2, 0.25) is 0 Å². The lowest BCUT2D eigenvalue weighted by Crippen LogP contribution is -2.12. The first kappa shape index (κ1) is 26.6. The van der Waals surface area contributed by atoms with E-state index in [-0.39, 0.29) is 7.92 Å². The van der Waals surface area contributed by atoms with Crippen LogP contribution in [0.3, 0.4) is 0 Å². The van der Waals surface area contributed by atoms with Crippen molar-refractivity contribution in [1.29, 1.82) is 0 Å². The van der Waals surface area contributed by atoms with Gasteiger partial charge >= 0.3 is 0 Å². The lowest BCUT2D eigenvalue weighted by molar-refractivity contribution is 0.415. The number of methoxy groups -OCH3 is 2. The summed E-state index contributed by atoms with van der Waals surface area (Å²) < 4.78 is 10.4. The first-order valence-electron chi connectivity index (χ1n) is 10.8. The highest BCUT2D eigenvalue weighted by atomic mass is 32.1. The quantitative estimate of drug-likeness (QED) is 0.217. The Bertz CT molecular complexity index is 1010. The van der Waals surface area contributed by atoms with Crippen molar-refractivity contribution in [3.8, 4) is 11.5 Å². The normalized spacial score (nSPS) is 10.5. The second-order valence-electron chi connectivity index (χ2n) is 7.21. The summed E-state index contributed by atoms with van der Waals surface area (Å²) in [6.07, 6.45) is 0. The van der Waals surface area contributed by atoms with Crippen LogP contribution < -0.4 is 30.7 Å². The molecule has 0 aliphatic heterocycles. The molecule has 4 rings (SSSR count). The molecule has 4 aromatic carbocycles. The largest absolute Gasteiger partial charge is 0.497 e. The average molecular weight is 525 g/mol. The Balaban J connectivity index is 0.000000196. The first-order chi connectivity index (χ1) is 16.7. The van der Waals surface area contributed by atoms with E-state index in [1.54, 1.807) is 14.2 Å². The van der Waals surface area contributed by atoms with E-state index < -0.39 is 7.92 Å². The molecule has 4 aromatic rings. The molecular weight excluding hydrogens is 494 g/mol.